The summed E-state index contributed by atoms with van der Waals surface area (Å²) in [6.07, 6.45) is 3.29. The van der Waals surface area contributed by atoms with E-state index in [-0.39, 0.29) is 12.2 Å². The molecule has 106 valence electrons. The van der Waals surface area contributed by atoms with Gasteiger partial charge in [-0.2, -0.15) is 0 Å². The minimum Gasteiger partial charge on any atom is -0.477 e. The summed E-state index contributed by atoms with van der Waals surface area (Å²) in [4.78, 5) is 27.1. The molecule has 0 radical (unpaired) electrons. The van der Waals surface area contributed by atoms with Crippen molar-refractivity contribution in [3.8, 4) is 0 Å². The molecule has 0 aliphatic heterocycles. The highest BCUT2D eigenvalue weighted by Crippen LogP contribution is 2.17. The van der Waals surface area contributed by atoms with Crippen molar-refractivity contribution in [3.63, 3.8) is 0 Å². The topological polar surface area (TPSA) is 81.4 Å². The maximum absolute atomic E-state index is 11.7. The maximum Gasteiger partial charge on any atom is 0.352 e. The third-order valence-corrected chi connectivity index (χ3v) is 2.92. The standard InChI is InChI=1S/C14H16N2O4/c1-2-3-7-20-12(17)9-16-11(14(18)19)8-10-5-4-6-15-13(10)16/h4-6,8H,2-3,7,9H2,1H3,(H,18,19). The third kappa shape index (κ3) is 2.96. The van der Waals surface area contributed by atoms with Crippen LogP contribution in [0.4, 0.5) is 0 Å². The normalized spacial score (nSPS) is 10.7. The Morgan fingerprint density at radius 3 is 2.95 bits per heavy atom. The molecule has 2 heterocycles. The van der Waals surface area contributed by atoms with E-state index >= 15 is 0 Å². The average molecular weight is 276 g/mol. The Morgan fingerprint density at radius 1 is 1.45 bits per heavy atom. The number of aromatic nitrogens is 2. The Balaban J connectivity index is 2.25. The molecule has 0 aliphatic rings. The Labute approximate surface area is 116 Å². The zero-order chi connectivity index (χ0) is 14.5. The summed E-state index contributed by atoms with van der Waals surface area (Å²) in [5.74, 6) is -1.55. The van der Waals surface area contributed by atoms with Gasteiger partial charge in [0.25, 0.3) is 0 Å². The van der Waals surface area contributed by atoms with Crippen LogP contribution < -0.4 is 0 Å². The van der Waals surface area contributed by atoms with Gasteiger partial charge in [-0.05, 0) is 24.6 Å². The molecule has 6 heteroatoms. The molecule has 0 aromatic carbocycles. The summed E-state index contributed by atoms with van der Waals surface area (Å²) >= 11 is 0. The molecule has 20 heavy (non-hydrogen) atoms. The van der Waals surface area contributed by atoms with Crippen molar-refractivity contribution in [1.82, 2.24) is 9.55 Å². The van der Waals surface area contributed by atoms with Crippen LogP contribution in [0.1, 0.15) is 30.3 Å². The number of carboxylic acids is 1. The van der Waals surface area contributed by atoms with E-state index in [9.17, 15) is 14.7 Å². The lowest BCUT2D eigenvalue weighted by Gasteiger charge is -2.07. The number of pyridine rings is 1. The zero-order valence-corrected chi connectivity index (χ0v) is 11.2. The van der Waals surface area contributed by atoms with Crippen LogP contribution in [0.3, 0.4) is 0 Å². The first-order valence-electron chi connectivity index (χ1n) is 6.46. The van der Waals surface area contributed by atoms with Gasteiger partial charge in [0.2, 0.25) is 0 Å². The zero-order valence-electron chi connectivity index (χ0n) is 11.2. The van der Waals surface area contributed by atoms with E-state index in [0.29, 0.717) is 17.6 Å². The molecule has 2 rings (SSSR count). The van der Waals surface area contributed by atoms with Gasteiger partial charge in [-0.15, -0.1) is 0 Å². The highest BCUT2D eigenvalue weighted by atomic mass is 16.5. The molecule has 2 aromatic heterocycles. The number of carbonyl (C=O) groups is 2. The number of hydrogen-bond donors (Lipinski definition) is 1. The summed E-state index contributed by atoms with van der Waals surface area (Å²) in [7, 11) is 0. The summed E-state index contributed by atoms with van der Waals surface area (Å²) < 4.78 is 6.43. The number of unbranched alkanes of at least 4 members (excludes halogenated alkanes) is 1. The van der Waals surface area contributed by atoms with Crippen LogP contribution in [0.5, 0.6) is 0 Å². The number of fused-ring (bicyclic) bond motifs is 1. The number of hydrogen-bond acceptors (Lipinski definition) is 4. The predicted molar refractivity (Wildman–Crippen MR) is 72.6 cm³/mol. The largest absolute Gasteiger partial charge is 0.477 e. The molecule has 2 aromatic rings. The van der Waals surface area contributed by atoms with Crippen LogP contribution >= 0.6 is 0 Å². The van der Waals surface area contributed by atoms with E-state index in [1.807, 2.05) is 6.92 Å². The minimum absolute atomic E-state index is 0.0335. The molecule has 0 unspecified atom stereocenters. The first kappa shape index (κ1) is 14.0. The molecule has 0 bridgehead atoms. The molecule has 6 nitrogen and oxygen atoms in total. The van der Waals surface area contributed by atoms with Gasteiger partial charge in [-0.25, -0.2) is 9.78 Å². The van der Waals surface area contributed by atoms with Crippen molar-refractivity contribution in [2.75, 3.05) is 6.61 Å². The summed E-state index contributed by atoms with van der Waals surface area (Å²) in [6, 6.07) is 4.98. The number of nitrogens with zero attached hydrogens (tertiary/aromatic N) is 2. The highest BCUT2D eigenvalue weighted by Gasteiger charge is 2.17. The van der Waals surface area contributed by atoms with Gasteiger partial charge in [0.1, 0.15) is 17.9 Å². The molecule has 0 spiro atoms. The fraction of sp³-hybridized carbons (Fsp3) is 0.357. The van der Waals surface area contributed by atoms with E-state index < -0.39 is 11.9 Å². The second-order valence-corrected chi connectivity index (χ2v) is 4.41. The average Bonchev–Trinajstić information content (AvgIpc) is 2.78. The predicted octanol–water partition coefficient (Wildman–Crippen LogP) is 2.08. The van der Waals surface area contributed by atoms with Gasteiger partial charge in [0.05, 0.1) is 6.61 Å². The fourth-order valence-corrected chi connectivity index (χ4v) is 1.93. The number of rotatable bonds is 6. The van der Waals surface area contributed by atoms with Gasteiger partial charge in [-0.3, -0.25) is 4.79 Å². The van der Waals surface area contributed by atoms with Crippen LogP contribution in [0, 0.1) is 0 Å². The van der Waals surface area contributed by atoms with Crippen molar-refractivity contribution in [1.29, 1.82) is 0 Å². The highest BCUT2D eigenvalue weighted by molar-refractivity contribution is 5.94. The second-order valence-electron chi connectivity index (χ2n) is 4.41. The lowest BCUT2D eigenvalue weighted by molar-refractivity contribution is -0.144. The molecule has 0 amide bonds. The van der Waals surface area contributed by atoms with Crippen LogP contribution in [0.2, 0.25) is 0 Å². The fourth-order valence-electron chi connectivity index (χ4n) is 1.93. The second kappa shape index (κ2) is 6.18. The molecule has 0 atom stereocenters. The summed E-state index contributed by atoms with van der Waals surface area (Å²) in [6.45, 7) is 2.20. The van der Waals surface area contributed by atoms with E-state index in [1.54, 1.807) is 18.3 Å². The van der Waals surface area contributed by atoms with E-state index in [0.717, 1.165) is 12.8 Å². The summed E-state index contributed by atoms with van der Waals surface area (Å²) in [5, 5.41) is 9.88. The van der Waals surface area contributed by atoms with Crippen molar-refractivity contribution in [2.45, 2.75) is 26.3 Å². The monoisotopic (exact) mass is 276 g/mol. The maximum atomic E-state index is 11.7. The third-order valence-electron chi connectivity index (χ3n) is 2.92. The minimum atomic E-state index is -1.09. The molecule has 0 aliphatic carbocycles. The number of ether oxygens (including phenoxy) is 1. The van der Waals surface area contributed by atoms with Gasteiger partial charge in [0, 0.05) is 11.6 Å². The van der Waals surface area contributed by atoms with E-state index in [1.165, 1.54) is 10.6 Å². The lowest BCUT2D eigenvalue weighted by atomic mass is 10.3. The molecular weight excluding hydrogens is 260 g/mol. The van der Waals surface area contributed by atoms with Gasteiger partial charge in [0.15, 0.2) is 0 Å². The van der Waals surface area contributed by atoms with Gasteiger partial charge < -0.3 is 14.4 Å². The number of esters is 1. The Kier molecular flexibility index (Phi) is 4.34. The molecular formula is C14H16N2O4. The number of carboxylic acid groups (broad SMARTS) is 1. The quantitative estimate of drug-likeness (QED) is 0.645. The van der Waals surface area contributed by atoms with Crippen molar-refractivity contribution < 1.29 is 19.4 Å². The smallest absolute Gasteiger partial charge is 0.352 e. The molecule has 0 saturated heterocycles. The van der Waals surface area contributed by atoms with Crippen molar-refractivity contribution in [3.05, 3.63) is 30.1 Å². The van der Waals surface area contributed by atoms with Gasteiger partial charge >= 0.3 is 11.9 Å². The van der Waals surface area contributed by atoms with Crippen molar-refractivity contribution in [2.24, 2.45) is 0 Å². The molecule has 0 saturated carbocycles. The van der Waals surface area contributed by atoms with Crippen molar-refractivity contribution >= 4 is 23.0 Å². The molecule has 1 N–H and O–H groups in total. The van der Waals surface area contributed by atoms with Crippen LogP contribution in [-0.2, 0) is 16.1 Å². The summed E-state index contributed by atoms with van der Waals surface area (Å²) in [5.41, 5.74) is 0.503. The first-order valence-corrected chi connectivity index (χ1v) is 6.46. The Morgan fingerprint density at radius 2 is 2.25 bits per heavy atom. The number of carbonyl (C=O) groups excluding carboxylic acids is 1. The van der Waals surface area contributed by atoms with Crippen LogP contribution in [0.15, 0.2) is 24.4 Å². The molecule has 0 fully saturated rings. The Bertz CT molecular complexity index is 633. The SMILES string of the molecule is CCCCOC(=O)Cn1c(C(=O)O)cc2cccnc21. The number of aromatic carboxylic acids is 1. The van der Waals surface area contributed by atoms with Crippen LogP contribution in [0.25, 0.3) is 11.0 Å². The van der Waals surface area contributed by atoms with E-state index in [2.05, 4.69) is 4.98 Å². The lowest BCUT2D eigenvalue weighted by Crippen LogP contribution is -2.18. The van der Waals surface area contributed by atoms with Gasteiger partial charge in [-0.1, -0.05) is 13.3 Å². The Hall–Kier alpha value is -2.37. The first-order chi connectivity index (χ1) is 9.63. The van der Waals surface area contributed by atoms with Crippen LogP contribution in [-0.4, -0.2) is 33.2 Å². The van der Waals surface area contributed by atoms with E-state index in [4.69, 9.17) is 4.74 Å².